The maximum absolute atomic E-state index is 11.8. The van der Waals surface area contributed by atoms with E-state index < -0.39 is 0 Å². The lowest BCUT2D eigenvalue weighted by molar-refractivity contribution is 0.886. The minimum atomic E-state index is 0.106. The minimum Gasteiger partial charge on any atom is -0.310 e. The Morgan fingerprint density at radius 3 is 2.88 bits per heavy atom. The third kappa shape index (κ3) is 2.41. The number of nitrogens with one attached hydrogen (secondary N) is 1. The molecule has 92 valence electrons. The number of nitrogens with zero attached hydrogens (tertiary/aromatic N) is 1. The molecule has 1 fully saturated rings. The van der Waals surface area contributed by atoms with Gasteiger partial charge in [0.2, 0.25) is 0 Å². The number of aryl methyl sites for hydroxylation is 1. The standard InChI is InChI=1S/C13H18N2OS/c16-13-10-6-3-7-11(10)14-12(15-13)8-17-9-4-1-2-5-9/h9H,1-8H2,(H,14,15,16). The zero-order valence-electron chi connectivity index (χ0n) is 10.00. The third-order valence-electron chi connectivity index (χ3n) is 3.75. The van der Waals surface area contributed by atoms with Gasteiger partial charge in [0.15, 0.2) is 0 Å². The van der Waals surface area contributed by atoms with Gasteiger partial charge in [0.25, 0.3) is 5.56 Å². The van der Waals surface area contributed by atoms with Crippen LogP contribution in [0.5, 0.6) is 0 Å². The highest BCUT2D eigenvalue weighted by Gasteiger charge is 2.19. The maximum atomic E-state index is 11.8. The number of hydrogen-bond donors (Lipinski definition) is 1. The summed E-state index contributed by atoms with van der Waals surface area (Å²) in [5.41, 5.74) is 2.09. The molecule has 0 atom stereocenters. The lowest BCUT2D eigenvalue weighted by Crippen LogP contribution is -2.17. The van der Waals surface area contributed by atoms with Crippen molar-refractivity contribution >= 4 is 11.8 Å². The van der Waals surface area contributed by atoms with Crippen molar-refractivity contribution in [1.82, 2.24) is 9.97 Å². The first kappa shape index (κ1) is 11.3. The van der Waals surface area contributed by atoms with Crippen molar-refractivity contribution in [2.75, 3.05) is 0 Å². The predicted octanol–water partition coefficient (Wildman–Crippen LogP) is 2.43. The van der Waals surface area contributed by atoms with Gasteiger partial charge in [0, 0.05) is 10.8 Å². The number of H-pyrrole nitrogens is 1. The van der Waals surface area contributed by atoms with E-state index in [1.807, 2.05) is 11.8 Å². The normalized spacial score (nSPS) is 19.8. The lowest BCUT2D eigenvalue weighted by atomic mass is 10.2. The summed E-state index contributed by atoms with van der Waals surface area (Å²) >= 11 is 1.96. The molecule has 2 aliphatic carbocycles. The quantitative estimate of drug-likeness (QED) is 0.896. The van der Waals surface area contributed by atoms with Crippen LogP contribution >= 0.6 is 11.8 Å². The average Bonchev–Trinajstić information content (AvgIpc) is 2.97. The Morgan fingerprint density at radius 2 is 2.06 bits per heavy atom. The van der Waals surface area contributed by atoms with Crippen molar-refractivity contribution in [3.05, 3.63) is 27.4 Å². The molecule has 1 N–H and O–H groups in total. The van der Waals surface area contributed by atoms with Gasteiger partial charge in [-0.15, -0.1) is 0 Å². The fourth-order valence-electron chi connectivity index (χ4n) is 2.81. The minimum absolute atomic E-state index is 0.106. The van der Waals surface area contributed by atoms with Crippen molar-refractivity contribution < 1.29 is 0 Å². The molecular formula is C13H18N2OS. The molecule has 17 heavy (non-hydrogen) atoms. The lowest BCUT2D eigenvalue weighted by Gasteiger charge is -2.08. The molecular weight excluding hydrogens is 232 g/mol. The third-order valence-corrected chi connectivity index (χ3v) is 5.13. The van der Waals surface area contributed by atoms with Crippen LogP contribution in [0.2, 0.25) is 0 Å². The Balaban J connectivity index is 1.71. The summed E-state index contributed by atoms with van der Waals surface area (Å²) in [4.78, 5) is 19.4. The van der Waals surface area contributed by atoms with Crippen LogP contribution in [-0.4, -0.2) is 15.2 Å². The van der Waals surface area contributed by atoms with Gasteiger partial charge in [-0.3, -0.25) is 4.79 Å². The van der Waals surface area contributed by atoms with Crippen LogP contribution in [0, 0.1) is 0 Å². The van der Waals surface area contributed by atoms with E-state index in [2.05, 4.69) is 9.97 Å². The van der Waals surface area contributed by atoms with Crippen molar-refractivity contribution in [2.24, 2.45) is 0 Å². The Bertz CT molecular complexity index is 463. The van der Waals surface area contributed by atoms with Crippen LogP contribution in [0.1, 0.15) is 49.2 Å². The van der Waals surface area contributed by atoms with E-state index in [-0.39, 0.29) is 5.56 Å². The topological polar surface area (TPSA) is 45.8 Å². The summed E-state index contributed by atoms with van der Waals surface area (Å²) in [7, 11) is 0. The Labute approximate surface area is 105 Å². The number of thioether (sulfide) groups is 1. The summed E-state index contributed by atoms with van der Waals surface area (Å²) in [6.45, 7) is 0. The highest BCUT2D eigenvalue weighted by atomic mass is 32.2. The summed E-state index contributed by atoms with van der Waals surface area (Å²) in [6.07, 6.45) is 8.38. The number of hydrogen-bond acceptors (Lipinski definition) is 3. The molecule has 1 aromatic heterocycles. The molecule has 0 aromatic carbocycles. The van der Waals surface area contributed by atoms with Crippen molar-refractivity contribution in [3.8, 4) is 0 Å². The molecule has 0 unspecified atom stereocenters. The molecule has 1 aromatic rings. The van der Waals surface area contributed by atoms with E-state index in [4.69, 9.17) is 0 Å². The van der Waals surface area contributed by atoms with Gasteiger partial charge in [-0.2, -0.15) is 11.8 Å². The molecule has 0 saturated heterocycles. The summed E-state index contributed by atoms with van der Waals surface area (Å²) in [5.74, 6) is 1.75. The summed E-state index contributed by atoms with van der Waals surface area (Å²) in [5, 5.41) is 0.786. The first-order valence-corrected chi connectivity index (χ1v) is 7.60. The van der Waals surface area contributed by atoms with Crippen molar-refractivity contribution in [3.63, 3.8) is 0 Å². The Kier molecular flexibility index (Phi) is 3.23. The molecule has 4 heteroatoms. The fourth-order valence-corrected chi connectivity index (χ4v) is 4.01. The summed E-state index contributed by atoms with van der Waals surface area (Å²) in [6, 6.07) is 0. The molecule has 0 aliphatic heterocycles. The van der Waals surface area contributed by atoms with E-state index in [0.717, 1.165) is 47.3 Å². The predicted molar refractivity (Wildman–Crippen MR) is 70.4 cm³/mol. The van der Waals surface area contributed by atoms with Crippen molar-refractivity contribution in [1.29, 1.82) is 0 Å². The van der Waals surface area contributed by atoms with Gasteiger partial charge in [0.05, 0.1) is 11.4 Å². The second-order valence-corrected chi connectivity index (χ2v) is 6.30. The van der Waals surface area contributed by atoms with Gasteiger partial charge in [-0.25, -0.2) is 4.98 Å². The maximum Gasteiger partial charge on any atom is 0.254 e. The van der Waals surface area contributed by atoms with E-state index >= 15 is 0 Å². The van der Waals surface area contributed by atoms with Crippen LogP contribution in [-0.2, 0) is 18.6 Å². The molecule has 0 radical (unpaired) electrons. The molecule has 0 bridgehead atoms. The first-order valence-electron chi connectivity index (χ1n) is 6.55. The first-order chi connectivity index (χ1) is 8.33. The smallest absolute Gasteiger partial charge is 0.254 e. The van der Waals surface area contributed by atoms with E-state index in [9.17, 15) is 4.79 Å². The van der Waals surface area contributed by atoms with E-state index in [0.29, 0.717) is 0 Å². The SMILES string of the molecule is O=c1[nH]c(CSC2CCCC2)nc2c1CCC2. The highest BCUT2D eigenvalue weighted by molar-refractivity contribution is 7.99. The fraction of sp³-hybridized carbons (Fsp3) is 0.692. The van der Waals surface area contributed by atoms with Crippen LogP contribution in [0.4, 0.5) is 0 Å². The average molecular weight is 250 g/mol. The van der Waals surface area contributed by atoms with Crippen molar-refractivity contribution in [2.45, 2.75) is 55.9 Å². The van der Waals surface area contributed by atoms with Crippen LogP contribution in [0.25, 0.3) is 0 Å². The van der Waals surface area contributed by atoms with Gasteiger partial charge in [0.1, 0.15) is 5.82 Å². The number of fused-ring (bicyclic) bond motifs is 1. The molecule has 0 spiro atoms. The van der Waals surface area contributed by atoms with Gasteiger partial charge in [-0.05, 0) is 32.1 Å². The Hall–Kier alpha value is -0.770. The molecule has 2 aliphatic rings. The summed E-state index contributed by atoms with van der Waals surface area (Å²) < 4.78 is 0. The van der Waals surface area contributed by atoms with E-state index in [1.165, 1.54) is 25.7 Å². The molecule has 1 saturated carbocycles. The second kappa shape index (κ2) is 4.84. The largest absolute Gasteiger partial charge is 0.310 e. The van der Waals surface area contributed by atoms with Gasteiger partial charge in [-0.1, -0.05) is 12.8 Å². The van der Waals surface area contributed by atoms with Gasteiger partial charge >= 0.3 is 0 Å². The molecule has 3 nitrogen and oxygen atoms in total. The second-order valence-electron chi connectivity index (χ2n) is 5.01. The Morgan fingerprint density at radius 1 is 1.24 bits per heavy atom. The number of aromatic nitrogens is 2. The number of rotatable bonds is 3. The van der Waals surface area contributed by atoms with E-state index in [1.54, 1.807) is 0 Å². The zero-order chi connectivity index (χ0) is 11.7. The number of aromatic amines is 1. The van der Waals surface area contributed by atoms with Crippen LogP contribution in [0.3, 0.4) is 0 Å². The monoisotopic (exact) mass is 250 g/mol. The molecule has 1 heterocycles. The van der Waals surface area contributed by atoms with Gasteiger partial charge < -0.3 is 4.98 Å². The molecule has 0 amide bonds. The molecule has 3 rings (SSSR count). The van der Waals surface area contributed by atoms with Crippen LogP contribution in [0.15, 0.2) is 4.79 Å². The zero-order valence-corrected chi connectivity index (χ0v) is 10.8. The van der Waals surface area contributed by atoms with Crippen LogP contribution < -0.4 is 5.56 Å². The highest BCUT2D eigenvalue weighted by Crippen LogP contribution is 2.31.